The maximum atomic E-state index is 12.7. The summed E-state index contributed by atoms with van der Waals surface area (Å²) in [6.45, 7) is 5.27. The molecule has 0 amide bonds. The van der Waals surface area contributed by atoms with Gasteiger partial charge in [-0.3, -0.25) is 9.36 Å². The third-order valence-corrected chi connectivity index (χ3v) is 11.5. The van der Waals surface area contributed by atoms with Crippen molar-refractivity contribution in [3.05, 3.63) is 72.9 Å². The van der Waals surface area contributed by atoms with Crippen LogP contribution in [0.1, 0.15) is 200 Å². The number of likely N-dealkylation sites (N-methyl/N-ethyl adjacent to an activating group) is 1. The van der Waals surface area contributed by atoms with E-state index in [-0.39, 0.29) is 25.8 Å². The van der Waals surface area contributed by atoms with Crippen LogP contribution in [0.5, 0.6) is 0 Å². The molecule has 0 rings (SSSR count). The Labute approximate surface area is 383 Å². The number of hydrogen-bond acceptors (Lipinski definition) is 7. The molecular formula is C53H96NO7P. The van der Waals surface area contributed by atoms with Gasteiger partial charge in [-0.25, -0.2) is 0 Å². The Balaban J connectivity index is 4.13. The van der Waals surface area contributed by atoms with Crippen molar-refractivity contribution in [1.82, 2.24) is 0 Å². The van der Waals surface area contributed by atoms with E-state index in [1.807, 2.05) is 21.1 Å². The minimum Gasteiger partial charge on any atom is -0.756 e. The number of quaternary nitrogens is 1. The molecule has 8 nitrogen and oxygen atoms in total. The zero-order valence-electron chi connectivity index (χ0n) is 40.8. The molecule has 9 heteroatoms. The minimum atomic E-state index is -4.53. The van der Waals surface area contributed by atoms with Crippen molar-refractivity contribution < 1.29 is 37.3 Å². The second kappa shape index (κ2) is 45.5. The zero-order valence-corrected chi connectivity index (χ0v) is 41.7. The van der Waals surface area contributed by atoms with Crippen LogP contribution in [0.25, 0.3) is 0 Å². The molecule has 0 aromatic heterocycles. The van der Waals surface area contributed by atoms with Gasteiger partial charge in [0, 0.05) is 13.0 Å². The van der Waals surface area contributed by atoms with Crippen LogP contribution < -0.4 is 4.89 Å². The Kier molecular flexibility index (Phi) is 44.0. The number of carbonyl (C=O) groups excluding carboxylic acids is 1. The van der Waals surface area contributed by atoms with Crippen molar-refractivity contribution in [2.75, 3.05) is 54.1 Å². The normalized spacial score (nSPS) is 14.2. The van der Waals surface area contributed by atoms with Crippen LogP contribution in [0.4, 0.5) is 0 Å². The van der Waals surface area contributed by atoms with E-state index in [1.165, 1.54) is 103 Å². The highest BCUT2D eigenvalue weighted by molar-refractivity contribution is 7.45. The number of phosphoric ester groups is 1. The molecule has 0 spiro atoms. The van der Waals surface area contributed by atoms with E-state index in [0.717, 1.165) is 77.0 Å². The van der Waals surface area contributed by atoms with E-state index < -0.39 is 13.9 Å². The summed E-state index contributed by atoms with van der Waals surface area (Å²) in [5, 5.41) is 0. The van der Waals surface area contributed by atoms with Crippen molar-refractivity contribution in [2.45, 2.75) is 206 Å². The van der Waals surface area contributed by atoms with E-state index in [0.29, 0.717) is 24.1 Å². The summed E-state index contributed by atoms with van der Waals surface area (Å²) in [6.07, 6.45) is 59.2. The van der Waals surface area contributed by atoms with Gasteiger partial charge in [0.05, 0.1) is 34.4 Å². The molecule has 0 saturated carbocycles. The van der Waals surface area contributed by atoms with Crippen molar-refractivity contribution >= 4 is 13.8 Å². The van der Waals surface area contributed by atoms with E-state index >= 15 is 0 Å². The van der Waals surface area contributed by atoms with Crippen LogP contribution >= 0.6 is 7.82 Å². The molecule has 0 aliphatic heterocycles. The smallest absolute Gasteiger partial charge is 0.306 e. The quantitative estimate of drug-likeness (QED) is 0.0197. The molecule has 0 bridgehead atoms. The second-order valence-corrected chi connectivity index (χ2v) is 19.2. The lowest BCUT2D eigenvalue weighted by Gasteiger charge is -2.28. The number of nitrogens with zero attached hydrogens (tertiary/aromatic N) is 1. The van der Waals surface area contributed by atoms with Gasteiger partial charge in [0.25, 0.3) is 7.82 Å². The van der Waals surface area contributed by atoms with Gasteiger partial charge in [0.1, 0.15) is 19.3 Å². The third-order valence-electron chi connectivity index (χ3n) is 10.5. The molecule has 0 radical (unpaired) electrons. The second-order valence-electron chi connectivity index (χ2n) is 17.8. The SMILES string of the molecule is CC/C=C\C/C=C\C/C=C\C/C=C\C/C=C\CCCCCCCCCCCCOCC(COP(=O)([O-])OCC[N+](C)(C)C)OC(=O)CCCCCCC/C=C\CCCCCCC. The lowest BCUT2D eigenvalue weighted by molar-refractivity contribution is -0.870. The van der Waals surface area contributed by atoms with Crippen LogP contribution in [-0.2, 0) is 27.9 Å². The number of hydrogen-bond donors (Lipinski definition) is 0. The lowest BCUT2D eigenvalue weighted by atomic mass is 10.1. The molecule has 2 atom stereocenters. The Morgan fingerprint density at radius 2 is 0.935 bits per heavy atom. The molecule has 0 heterocycles. The number of ether oxygens (including phenoxy) is 2. The number of unbranched alkanes of at least 4 members (excludes halogenated alkanes) is 20. The monoisotopic (exact) mass is 890 g/mol. The first-order valence-electron chi connectivity index (χ1n) is 25.2. The molecule has 0 saturated heterocycles. The van der Waals surface area contributed by atoms with Gasteiger partial charge in [-0.05, 0) is 83.5 Å². The molecule has 62 heavy (non-hydrogen) atoms. The standard InChI is InChI=1S/C53H96NO7P/c1-6-8-10-12-14-16-18-20-22-23-24-25-26-27-28-29-30-31-32-33-35-37-39-41-43-45-48-58-50-52(51-60-62(56,57)59-49-47-54(3,4)5)61-53(55)46-44-42-40-38-36-34-21-19-17-15-13-11-9-7-2/h8,10,14,16,19-22,24-25,27-28,52H,6-7,9,11-13,15,17-18,23,26,29-51H2,1-5H3/b10-8-,16-14-,21-19-,22-20-,25-24-,28-27-. The summed E-state index contributed by atoms with van der Waals surface area (Å²) in [5.41, 5.74) is 0. The van der Waals surface area contributed by atoms with E-state index in [2.05, 4.69) is 86.8 Å². The summed E-state index contributed by atoms with van der Waals surface area (Å²) in [6, 6.07) is 0. The topological polar surface area (TPSA) is 94.1 Å². The fourth-order valence-electron chi connectivity index (χ4n) is 6.63. The number of phosphoric acid groups is 1. The van der Waals surface area contributed by atoms with Crippen LogP contribution in [0, 0.1) is 0 Å². The van der Waals surface area contributed by atoms with Crippen LogP contribution in [0.15, 0.2) is 72.9 Å². The Morgan fingerprint density at radius 1 is 0.516 bits per heavy atom. The van der Waals surface area contributed by atoms with Gasteiger partial charge in [0.15, 0.2) is 0 Å². The first kappa shape index (κ1) is 59.9. The molecule has 0 aromatic rings. The summed E-state index contributed by atoms with van der Waals surface area (Å²) in [5.74, 6) is -0.346. The molecule has 0 aromatic carbocycles. The van der Waals surface area contributed by atoms with Gasteiger partial charge in [-0.1, -0.05) is 183 Å². The molecule has 2 unspecified atom stereocenters. The van der Waals surface area contributed by atoms with Crippen molar-refractivity contribution in [1.29, 1.82) is 0 Å². The lowest BCUT2D eigenvalue weighted by Crippen LogP contribution is -2.37. The Morgan fingerprint density at radius 3 is 1.42 bits per heavy atom. The van der Waals surface area contributed by atoms with Gasteiger partial charge in [-0.2, -0.15) is 0 Å². The molecule has 0 N–H and O–H groups in total. The average Bonchev–Trinajstić information content (AvgIpc) is 3.23. The van der Waals surface area contributed by atoms with Crippen molar-refractivity contribution in [3.8, 4) is 0 Å². The molecule has 0 aliphatic carbocycles. The molecule has 0 fully saturated rings. The number of esters is 1. The summed E-state index contributed by atoms with van der Waals surface area (Å²) in [7, 11) is 1.34. The van der Waals surface area contributed by atoms with E-state index in [9.17, 15) is 14.3 Å². The summed E-state index contributed by atoms with van der Waals surface area (Å²) >= 11 is 0. The third kappa shape index (κ3) is 49.0. The molecule has 360 valence electrons. The highest BCUT2D eigenvalue weighted by Gasteiger charge is 2.20. The van der Waals surface area contributed by atoms with Gasteiger partial charge < -0.3 is 27.9 Å². The number of rotatable bonds is 46. The summed E-state index contributed by atoms with van der Waals surface area (Å²) in [4.78, 5) is 25.1. The number of carbonyl (C=O) groups is 1. The highest BCUT2D eigenvalue weighted by Crippen LogP contribution is 2.38. The van der Waals surface area contributed by atoms with Crippen LogP contribution in [-0.4, -0.2) is 70.7 Å². The molecule has 0 aliphatic rings. The fourth-order valence-corrected chi connectivity index (χ4v) is 7.35. The van der Waals surface area contributed by atoms with E-state index in [1.54, 1.807) is 0 Å². The van der Waals surface area contributed by atoms with Crippen LogP contribution in [0.3, 0.4) is 0 Å². The van der Waals surface area contributed by atoms with E-state index in [4.69, 9.17) is 18.5 Å². The van der Waals surface area contributed by atoms with Crippen LogP contribution in [0.2, 0.25) is 0 Å². The van der Waals surface area contributed by atoms with Crippen molar-refractivity contribution in [2.24, 2.45) is 0 Å². The van der Waals surface area contributed by atoms with Gasteiger partial charge in [-0.15, -0.1) is 0 Å². The first-order chi connectivity index (χ1) is 30.1. The zero-order chi connectivity index (χ0) is 45.5. The Hall–Kier alpha value is -2.06. The fraction of sp³-hybridized carbons (Fsp3) is 0.755. The van der Waals surface area contributed by atoms with Crippen molar-refractivity contribution in [3.63, 3.8) is 0 Å². The maximum absolute atomic E-state index is 12.7. The highest BCUT2D eigenvalue weighted by atomic mass is 31.2. The Bertz CT molecular complexity index is 1220. The van der Waals surface area contributed by atoms with Gasteiger partial charge >= 0.3 is 5.97 Å². The maximum Gasteiger partial charge on any atom is 0.306 e. The number of allylic oxidation sites excluding steroid dienone is 12. The first-order valence-corrected chi connectivity index (χ1v) is 26.6. The predicted molar refractivity (Wildman–Crippen MR) is 263 cm³/mol. The molecular weight excluding hydrogens is 794 g/mol. The average molecular weight is 890 g/mol. The van der Waals surface area contributed by atoms with Gasteiger partial charge in [0.2, 0.25) is 0 Å². The predicted octanol–water partition coefficient (Wildman–Crippen LogP) is 14.8. The largest absolute Gasteiger partial charge is 0.756 e. The summed E-state index contributed by atoms with van der Waals surface area (Å²) < 4.78 is 34.7. The minimum absolute atomic E-state index is 0.0209.